The van der Waals surface area contributed by atoms with Crippen LogP contribution in [-0.2, 0) is 0 Å². The number of hydrogen-bond donors (Lipinski definition) is 1. The van der Waals surface area contributed by atoms with Gasteiger partial charge in [0.2, 0.25) is 0 Å². The molecule has 0 atom stereocenters. The Kier molecular flexibility index (Phi) is 5.89. The lowest BCUT2D eigenvalue weighted by molar-refractivity contribution is 0.0781. The molecule has 0 spiro atoms. The molecule has 0 rings (SSSR count). The Morgan fingerprint density at radius 1 is 1.33 bits per heavy atom. The fourth-order valence-corrected chi connectivity index (χ4v) is 1.06. The third-order valence-corrected chi connectivity index (χ3v) is 2.56. The summed E-state index contributed by atoms with van der Waals surface area (Å²) in [5.74, 6) is 0.730. The number of hydrogen-bond acceptors (Lipinski definition) is 2. The molecule has 0 radical (unpaired) electrons. The predicted octanol–water partition coefficient (Wildman–Crippen LogP) is 1.71. The van der Waals surface area contributed by atoms with Gasteiger partial charge in [0.25, 0.3) is 0 Å². The van der Waals surface area contributed by atoms with Crippen molar-refractivity contribution in [2.75, 3.05) is 26.1 Å². The van der Waals surface area contributed by atoms with Crippen LogP contribution in [0.5, 0.6) is 0 Å². The van der Waals surface area contributed by atoms with E-state index >= 15 is 0 Å². The molecule has 0 amide bonds. The summed E-state index contributed by atoms with van der Waals surface area (Å²) in [7, 11) is 2.03. The molecule has 0 aliphatic heterocycles. The van der Waals surface area contributed by atoms with Crippen molar-refractivity contribution in [3.8, 4) is 0 Å². The summed E-state index contributed by atoms with van der Waals surface area (Å²) in [6.45, 7) is 5.27. The lowest BCUT2D eigenvalue weighted by Crippen LogP contribution is -2.44. The predicted molar refractivity (Wildman–Crippen MR) is 53.7 cm³/mol. The third-order valence-electron chi connectivity index (χ3n) is 2.30. The summed E-state index contributed by atoms with van der Waals surface area (Å²) >= 11 is 5.57. The Bertz CT molecular complexity index is 117. The van der Waals surface area contributed by atoms with E-state index in [1.54, 1.807) is 0 Å². The van der Waals surface area contributed by atoms with Gasteiger partial charge in [-0.15, -0.1) is 11.6 Å². The zero-order chi connectivity index (χ0) is 9.61. The zero-order valence-electron chi connectivity index (χ0n) is 8.31. The minimum absolute atomic E-state index is 0.105. The van der Waals surface area contributed by atoms with E-state index in [4.69, 9.17) is 16.7 Å². The summed E-state index contributed by atoms with van der Waals surface area (Å²) in [4.78, 5) is 2.17. The van der Waals surface area contributed by atoms with Gasteiger partial charge in [-0.25, -0.2) is 0 Å². The molecule has 74 valence electrons. The fraction of sp³-hybridized carbons (Fsp3) is 1.00. The number of rotatable bonds is 6. The Morgan fingerprint density at radius 2 is 1.92 bits per heavy atom. The second-order valence-electron chi connectivity index (χ2n) is 3.79. The summed E-state index contributed by atoms with van der Waals surface area (Å²) in [6.07, 6.45) is 2.15. The molecule has 2 nitrogen and oxygen atoms in total. The van der Waals surface area contributed by atoms with Gasteiger partial charge >= 0.3 is 0 Å². The van der Waals surface area contributed by atoms with E-state index in [0.717, 1.165) is 25.3 Å². The van der Waals surface area contributed by atoms with Gasteiger partial charge in [-0.2, -0.15) is 0 Å². The molecule has 0 aromatic rings. The summed E-state index contributed by atoms with van der Waals surface area (Å²) in [5.41, 5.74) is -0.105. The van der Waals surface area contributed by atoms with E-state index in [0.29, 0.717) is 0 Å². The molecule has 0 saturated heterocycles. The van der Waals surface area contributed by atoms with Crippen molar-refractivity contribution in [3.63, 3.8) is 0 Å². The molecule has 0 fully saturated rings. The highest BCUT2D eigenvalue weighted by molar-refractivity contribution is 6.17. The monoisotopic (exact) mass is 193 g/mol. The van der Waals surface area contributed by atoms with Crippen molar-refractivity contribution in [2.24, 2.45) is 0 Å². The van der Waals surface area contributed by atoms with Gasteiger partial charge < -0.3 is 5.11 Å². The first kappa shape index (κ1) is 12.2. The Morgan fingerprint density at radius 3 is 2.33 bits per heavy atom. The molecule has 0 aliphatic rings. The molecule has 0 heterocycles. The van der Waals surface area contributed by atoms with Gasteiger partial charge in [-0.3, -0.25) is 4.90 Å². The number of halogens is 1. The van der Waals surface area contributed by atoms with Crippen molar-refractivity contribution >= 4 is 11.6 Å². The van der Waals surface area contributed by atoms with E-state index < -0.39 is 0 Å². The summed E-state index contributed by atoms with van der Waals surface area (Å²) in [6, 6.07) is 0. The van der Waals surface area contributed by atoms with Crippen LogP contribution in [0, 0.1) is 0 Å². The average Bonchev–Trinajstić information content (AvgIpc) is 2.05. The normalized spacial score (nSPS) is 12.5. The lowest BCUT2D eigenvalue weighted by atomic mass is 10.1. The molecule has 0 aromatic carbocycles. The van der Waals surface area contributed by atoms with Gasteiger partial charge in [0.1, 0.15) is 0 Å². The molecule has 0 aliphatic carbocycles. The molecule has 0 bridgehead atoms. The quantitative estimate of drug-likeness (QED) is 0.513. The van der Waals surface area contributed by atoms with Crippen molar-refractivity contribution in [3.05, 3.63) is 0 Å². The number of aliphatic hydroxyl groups excluding tert-OH is 1. The molecule has 0 aromatic heterocycles. The van der Waals surface area contributed by atoms with E-state index in [-0.39, 0.29) is 12.1 Å². The number of likely N-dealkylation sites (N-methyl/N-ethyl adjacent to an activating group) is 1. The minimum Gasteiger partial charge on any atom is -0.394 e. The van der Waals surface area contributed by atoms with Crippen LogP contribution in [0.2, 0.25) is 0 Å². The van der Waals surface area contributed by atoms with Crippen molar-refractivity contribution in [1.29, 1.82) is 0 Å². The minimum atomic E-state index is -0.105. The van der Waals surface area contributed by atoms with Crippen LogP contribution >= 0.6 is 11.6 Å². The smallest absolute Gasteiger partial charge is 0.0609 e. The highest BCUT2D eigenvalue weighted by Crippen LogP contribution is 2.11. The Balaban J connectivity index is 3.63. The maximum Gasteiger partial charge on any atom is 0.0609 e. The van der Waals surface area contributed by atoms with Gasteiger partial charge in [0.15, 0.2) is 0 Å². The number of nitrogens with zero attached hydrogens (tertiary/aromatic N) is 1. The van der Waals surface area contributed by atoms with Crippen LogP contribution in [0.4, 0.5) is 0 Å². The number of unbranched alkanes of at least 4 members (excludes halogenated alkanes) is 1. The van der Waals surface area contributed by atoms with Gasteiger partial charge in [0, 0.05) is 11.4 Å². The van der Waals surface area contributed by atoms with Crippen LogP contribution in [0.15, 0.2) is 0 Å². The van der Waals surface area contributed by atoms with Gasteiger partial charge in [-0.05, 0) is 40.3 Å². The van der Waals surface area contributed by atoms with Crippen LogP contribution in [0.25, 0.3) is 0 Å². The van der Waals surface area contributed by atoms with Crippen LogP contribution < -0.4 is 0 Å². The van der Waals surface area contributed by atoms with Gasteiger partial charge in [0.05, 0.1) is 6.61 Å². The third kappa shape index (κ3) is 4.29. The van der Waals surface area contributed by atoms with E-state index in [1.807, 2.05) is 20.9 Å². The SMILES string of the molecule is CN(CCCCCl)C(C)(C)CO. The molecule has 3 heteroatoms. The van der Waals surface area contributed by atoms with Crippen molar-refractivity contribution in [1.82, 2.24) is 4.90 Å². The standard InChI is InChI=1S/C9H20ClNO/c1-9(2,8-12)11(3)7-5-4-6-10/h12H,4-8H2,1-3H3. The molecular weight excluding hydrogens is 174 g/mol. The maximum atomic E-state index is 9.05. The van der Waals surface area contributed by atoms with E-state index in [9.17, 15) is 0 Å². The molecule has 12 heavy (non-hydrogen) atoms. The number of alkyl halides is 1. The zero-order valence-corrected chi connectivity index (χ0v) is 9.06. The second kappa shape index (κ2) is 5.79. The van der Waals surface area contributed by atoms with Crippen molar-refractivity contribution in [2.45, 2.75) is 32.2 Å². The first-order chi connectivity index (χ1) is 5.54. The second-order valence-corrected chi connectivity index (χ2v) is 4.17. The Hall–Kier alpha value is 0.210. The maximum absolute atomic E-state index is 9.05. The Labute approximate surface area is 80.5 Å². The summed E-state index contributed by atoms with van der Waals surface area (Å²) < 4.78 is 0. The van der Waals surface area contributed by atoms with E-state index in [2.05, 4.69) is 4.90 Å². The number of aliphatic hydroxyl groups is 1. The highest BCUT2D eigenvalue weighted by Gasteiger charge is 2.21. The van der Waals surface area contributed by atoms with Crippen LogP contribution in [0.3, 0.4) is 0 Å². The largest absolute Gasteiger partial charge is 0.394 e. The molecular formula is C9H20ClNO. The van der Waals surface area contributed by atoms with Crippen LogP contribution in [0.1, 0.15) is 26.7 Å². The highest BCUT2D eigenvalue weighted by atomic mass is 35.5. The lowest BCUT2D eigenvalue weighted by Gasteiger charge is -2.33. The topological polar surface area (TPSA) is 23.5 Å². The van der Waals surface area contributed by atoms with E-state index in [1.165, 1.54) is 0 Å². The fourth-order valence-electron chi connectivity index (χ4n) is 0.867. The first-order valence-corrected chi connectivity index (χ1v) is 4.96. The molecule has 0 saturated carbocycles. The van der Waals surface area contributed by atoms with Crippen molar-refractivity contribution < 1.29 is 5.11 Å². The average molecular weight is 194 g/mol. The van der Waals surface area contributed by atoms with Crippen LogP contribution in [-0.4, -0.2) is 41.6 Å². The molecule has 0 unspecified atom stereocenters. The summed E-state index contributed by atoms with van der Waals surface area (Å²) in [5, 5.41) is 9.05. The first-order valence-electron chi connectivity index (χ1n) is 4.42. The van der Waals surface area contributed by atoms with Gasteiger partial charge in [-0.1, -0.05) is 0 Å². The molecule has 1 N–H and O–H groups in total.